The highest BCUT2D eigenvalue weighted by atomic mass is 19.4. The Labute approximate surface area is 133 Å². The van der Waals surface area contributed by atoms with Crippen LogP contribution in [0.25, 0.3) is 0 Å². The number of esters is 1. The van der Waals surface area contributed by atoms with Gasteiger partial charge in [0.15, 0.2) is 0 Å². The second-order valence-corrected chi connectivity index (χ2v) is 5.91. The van der Waals surface area contributed by atoms with Crippen molar-refractivity contribution in [2.75, 3.05) is 19.0 Å². The molecule has 1 saturated heterocycles. The molecule has 1 heterocycles. The smallest absolute Gasteiger partial charge is 0.416 e. The van der Waals surface area contributed by atoms with Crippen LogP contribution >= 0.6 is 0 Å². The van der Waals surface area contributed by atoms with Gasteiger partial charge in [-0.2, -0.15) is 13.2 Å². The largest absolute Gasteiger partial charge is 0.465 e. The van der Waals surface area contributed by atoms with Gasteiger partial charge in [0, 0.05) is 17.8 Å². The van der Waals surface area contributed by atoms with E-state index >= 15 is 0 Å². The van der Waals surface area contributed by atoms with Crippen LogP contribution in [0.15, 0.2) is 12.1 Å². The summed E-state index contributed by atoms with van der Waals surface area (Å²) in [6.07, 6.45) is -2.90. The van der Waals surface area contributed by atoms with E-state index in [1.165, 1.54) is 0 Å². The number of piperidine rings is 1. The van der Waals surface area contributed by atoms with Crippen molar-refractivity contribution in [1.29, 1.82) is 0 Å². The lowest BCUT2D eigenvalue weighted by Crippen LogP contribution is -2.41. The molecule has 0 aromatic heterocycles. The van der Waals surface area contributed by atoms with Crippen LogP contribution in [-0.2, 0) is 10.9 Å². The van der Waals surface area contributed by atoms with Crippen LogP contribution in [0.2, 0.25) is 0 Å². The third kappa shape index (κ3) is 4.16. The summed E-state index contributed by atoms with van der Waals surface area (Å²) in [7, 11) is 1.16. The van der Waals surface area contributed by atoms with Crippen LogP contribution in [0.4, 0.5) is 18.9 Å². The number of ether oxygens (including phenoxy) is 1. The van der Waals surface area contributed by atoms with Crippen molar-refractivity contribution >= 4 is 11.7 Å². The Hall–Kier alpha value is -1.76. The van der Waals surface area contributed by atoms with Gasteiger partial charge in [-0.05, 0) is 50.9 Å². The Kier molecular flexibility index (Phi) is 5.19. The van der Waals surface area contributed by atoms with Gasteiger partial charge in [0.05, 0.1) is 18.2 Å². The van der Waals surface area contributed by atoms with E-state index in [0.29, 0.717) is 17.3 Å². The summed E-state index contributed by atoms with van der Waals surface area (Å²) in [5.74, 6) is -0.768. The molecule has 7 heteroatoms. The first-order valence-electron chi connectivity index (χ1n) is 7.52. The van der Waals surface area contributed by atoms with E-state index in [4.69, 9.17) is 0 Å². The van der Waals surface area contributed by atoms with Crippen molar-refractivity contribution in [1.82, 2.24) is 5.32 Å². The SMILES string of the molecule is COC(=O)c1cc(C(F)(F)F)cc(NC2CCNC(C)C2)c1C. The summed E-state index contributed by atoms with van der Waals surface area (Å²) in [4.78, 5) is 11.8. The quantitative estimate of drug-likeness (QED) is 0.835. The van der Waals surface area contributed by atoms with Crippen molar-refractivity contribution in [3.8, 4) is 0 Å². The lowest BCUT2D eigenvalue weighted by atomic mass is 9.97. The van der Waals surface area contributed by atoms with Crippen LogP contribution < -0.4 is 10.6 Å². The number of methoxy groups -OCH3 is 1. The molecule has 1 aromatic carbocycles. The maximum atomic E-state index is 13.1. The first-order valence-corrected chi connectivity index (χ1v) is 7.52. The molecule has 2 N–H and O–H groups in total. The molecule has 0 radical (unpaired) electrons. The number of nitrogens with one attached hydrogen (secondary N) is 2. The average molecular weight is 330 g/mol. The molecule has 23 heavy (non-hydrogen) atoms. The zero-order valence-corrected chi connectivity index (χ0v) is 13.4. The predicted octanol–water partition coefficient (Wildman–Crippen LogP) is 3.35. The molecule has 2 rings (SSSR count). The summed E-state index contributed by atoms with van der Waals surface area (Å²) >= 11 is 0. The Morgan fingerprint density at radius 3 is 2.65 bits per heavy atom. The third-order valence-electron chi connectivity index (χ3n) is 4.12. The van der Waals surface area contributed by atoms with Crippen molar-refractivity contribution in [2.45, 2.75) is 44.9 Å². The van der Waals surface area contributed by atoms with Gasteiger partial charge in [-0.25, -0.2) is 4.79 Å². The van der Waals surface area contributed by atoms with E-state index < -0.39 is 17.7 Å². The van der Waals surface area contributed by atoms with Crippen LogP contribution in [0.3, 0.4) is 0 Å². The number of halogens is 3. The van der Waals surface area contributed by atoms with Crippen molar-refractivity contribution < 1.29 is 22.7 Å². The first-order chi connectivity index (χ1) is 10.7. The fourth-order valence-corrected chi connectivity index (χ4v) is 2.83. The molecule has 1 aromatic rings. The number of alkyl halides is 3. The highest BCUT2D eigenvalue weighted by Gasteiger charge is 2.33. The Balaban J connectivity index is 2.38. The standard InChI is InChI=1S/C16H21F3N2O2/c1-9-6-12(4-5-20-9)21-14-8-11(16(17,18)19)7-13(10(14)2)15(22)23-3/h7-9,12,20-21H,4-6H2,1-3H3. The molecular weight excluding hydrogens is 309 g/mol. The minimum Gasteiger partial charge on any atom is -0.465 e. The summed E-state index contributed by atoms with van der Waals surface area (Å²) in [6.45, 7) is 4.46. The van der Waals surface area contributed by atoms with E-state index in [0.717, 1.165) is 38.6 Å². The fraction of sp³-hybridized carbons (Fsp3) is 0.562. The molecule has 0 bridgehead atoms. The molecule has 0 saturated carbocycles. The zero-order chi connectivity index (χ0) is 17.2. The van der Waals surface area contributed by atoms with Crippen molar-refractivity contribution in [3.63, 3.8) is 0 Å². The van der Waals surface area contributed by atoms with E-state index in [2.05, 4.69) is 15.4 Å². The lowest BCUT2D eigenvalue weighted by molar-refractivity contribution is -0.137. The van der Waals surface area contributed by atoms with Crippen LogP contribution in [-0.4, -0.2) is 31.7 Å². The molecule has 1 fully saturated rings. The second kappa shape index (κ2) is 6.78. The van der Waals surface area contributed by atoms with Gasteiger partial charge in [0.25, 0.3) is 0 Å². The van der Waals surface area contributed by atoms with Gasteiger partial charge in [-0.1, -0.05) is 0 Å². The van der Waals surface area contributed by atoms with Gasteiger partial charge < -0.3 is 15.4 Å². The minimum atomic E-state index is -4.52. The number of rotatable bonds is 3. The molecule has 0 spiro atoms. The molecule has 2 unspecified atom stereocenters. The maximum Gasteiger partial charge on any atom is 0.416 e. The number of benzene rings is 1. The molecule has 128 valence electrons. The lowest BCUT2D eigenvalue weighted by Gasteiger charge is -2.30. The van der Waals surface area contributed by atoms with Gasteiger partial charge >= 0.3 is 12.1 Å². The minimum absolute atomic E-state index is 0.0631. The maximum absolute atomic E-state index is 13.1. The summed E-state index contributed by atoms with van der Waals surface area (Å²) < 4.78 is 43.9. The topological polar surface area (TPSA) is 50.4 Å². The predicted molar refractivity (Wildman–Crippen MR) is 81.6 cm³/mol. The monoisotopic (exact) mass is 330 g/mol. The van der Waals surface area contributed by atoms with Gasteiger partial charge in [-0.3, -0.25) is 0 Å². The van der Waals surface area contributed by atoms with Crippen molar-refractivity contribution in [3.05, 3.63) is 28.8 Å². The normalized spacial score (nSPS) is 21.8. The highest BCUT2D eigenvalue weighted by molar-refractivity contribution is 5.93. The van der Waals surface area contributed by atoms with Gasteiger partial charge in [0.2, 0.25) is 0 Å². The second-order valence-electron chi connectivity index (χ2n) is 5.91. The summed E-state index contributed by atoms with van der Waals surface area (Å²) in [5.41, 5.74) is -0.116. The van der Waals surface area contributed by atoms with Crippen LogP contribution in [0.1, 0.15) is 41.3 Å². The molecule has 4 nitrogen and oxygen atoms in total. The Morgan fingerprint density at radius 2 is 2.09 bits per heavy atom. The zero-order valence-electron chi connectivity index (χ0n) is 13.4. The number of carbonyl (C=O) groups excluding carboxylic acids is 1. The summed E-state index contributed by atoms with van der Waals surface area (Å²) in [6, 6.07) is 2.28. The summed E-state index contributed by atoms with van der Waals surface area (Å²) in [5, 5.41) is 6.46. The van der Waals surface area contributed by atoms with Crippen LogP contribution in [0.5, 0.6) is 0 Å². The molecule has 0 aliphatic carbocycles. The van der Waals surface area contributed by atoms with E-state index in [9.17, 15) is 18.0 Å². The fourth-order valence-electron chi connectivity index (χ4n) is 2.83. The van der Waals surface area contributed by atoms with Crippen molar-refractivity contribution in [2.24, 2.45) is 0 Å². The van der Waals surface area contributed by atoms with Gasteiger partial charge in [0.1, 0.15) is 0 Å². The highest BCUT2D eigenvalue weighted by Crippen LogP contribution is 2.35. The number of carbonyl (C=O) groups is 1. The number of hydrogen-bond donors (Lipinski definition) is 2. The number of anilines is 1. The molecular formula is C16H21F3N2O2. The Bertz CT molecular complexity index is 587. The first kappa shape index (κ1) is 17.6. The van der Waals surface area contributed by atoms with Crippen LogP contribution in [0, 0.1) is 6.92 Å². The average Bonchev–Trinajstić information content (AvgIpc) is 2.47. The van der Waals surface area contributed by atoms with E-state index in [1.807, 2.05) is 6.92 Å². The van der Waals surface area contributed by atoms with E-state index in [-0.39, 0.29) is 11.6 Å². The Morgan fingerprint density at radius 1 is 1.39 bits per heavy atom. The molecule has 1 aliphatic rings. The van der Waals surface area contributed by atoms with Gasteiger partial charge in [-0.15, -0.1) is 0 Å². The molecule has 0 amide bonds. The molecule has 2 atom stereocenters. The third-order valence-corrected chi connectivity index (χ3v) is 4.12. The number of hydrogen-bond acceptors (Lipinski definition) is 4. The van der Waals surface area contributed by atoms with E-state index in [1.54, 1.807) is 6.92 Å². The molecule has 1 aliphatic heterocycles.